The third-order valence-electron chi connectivity index (χ3n) is 12.1. The first-order chi connectivity index (χ1) is 37.8. The number of hydrogen-bond acceptors (Lipinski definition) is 18. The van der Waals surface area contributed by atoms with E-state index in [2.05, 4.69) is 131 Å². The van der Waals surface area contributed by atoms with Crippen LogP contribution in [0.25, 0.3) is 11.1 Å². The van der Waals surface area contributed by atoms with Crippen LogP contribution >= 0.6 is 47.8 Å². The highest BCUT2D eigenvalue weighted by atomic mass is 79.9. The summed E-state index contributed by atoms with van der Waals surface area (Å²) in [7, 11) is 12.0. The van der Waals surface area contributed by atoms with Gasteiger partial charge in [0.25, 0.3) is 22.6 Å². The minimum absolute atomic E-state index is 0.00623. The maximum Gasteiger partial charge on any atom is 0.410 e. The summed E-state index contributed by atoms with van der Waals surface area (Å²) in [5, 5.41) is 45.2. The Bertz CT molecular complexity index is 3860. The summed E-state index contributed by atoms with van der Waals surface area (Å²) in [6.07, 6.45) is 15.9. The van der Waals surface area contributed by atoms with Gasteiger partial charge in [0.1, 0.15) is 34.2 Å². The van der Waals surface area contributed by atoms with E-state index in [1.54, 1.807) is 117 Å². The van der Waals surface area contributed by atoms with E-state index >= 15 is 0 Å². The van der Waals surface area contributed by atoms with E-state index < -0.39 is 4.92 Å². The summed E-state index contributed by atoms with van der Waals surface area (Å²) in [5.41, 5.74) is 12.1. The number of rotatable bonds is 8. The van der Waals surface area contributed by atoms with Gasteiger partial charge in [-0.15, -0.1) is 15.3 Å². The number of carbonyl (C=O) groups is 1. The number of nitrogens with two attached hydrogens (primary N) is 1. The summed E-state index contributed by atoms with van der Waals surface area (Å²) in [4.78, 5) is 65.2. The Kier molecular flexibility index (Phi) is 18.6. The summed E-state index contributed by atoms with van der Waals surface area (Å²) < 4.78 is 15.0. The molecule has 0 atom stereocenters. The lowest BCUT2D eigenvalue weighted by molar-refractivity contribution is -0.389. The van der Waals surface area contributed by atoms with Crippen molar-refractivity contribution >= 4 is 94.2 Å². The second kappa shape index (κ2) is 25.1. The molecule has 0 unspecified atom stereocenters. The van der Waals surface area contributed by atoms with E-state index in [1.165, 1.54) is 31.3 Å². The zero-order valence-corrected chi connectivity index (χ0v) is 50.0. The summed E-state index contributed by atoms with van der Waals surface area (Å²) >= 11 is 9.72. The second-order valence-electron chi connectivity index (χ2n) is 19.2. The van der Waals surface area contributed by atoms with Crippen LogP contribution in [0.1, 0.15) is 48.1 Å². The number of halogens is 3. The number of nitrogens with one attached hydrogen (secondary N) is 2. The molecule has 420 valence electrons. The Hall–Kier alpha value is -8.45. The summed E-state index contributed by atoms with van der Waals surface area (Å²) in [6, 6.07) is 9.29. The van der Waals surface area contributed by atoms with Crippen LogP contribution in [0, 0.1) is 15.5 Å². The van der Waals surface area contributed by atoms with Crippen molar-refractivity contribution in [2.45, 2.75) is 46.6 Å². The Labute approximate surface area is 481 Å². The van der Waals surface area contributed by atoms with Gasteiger partial charge in [0.05, 0.1) is 28.3 Å². The molecule has 11 rings (SSSR count). The van der Waals surface area contributed by atoms with E-state index in [-0.39, 0.29) is 33.8 Å². The van der Waals surface area contributed by atoms with E-state index in [1.807, 2.05) is 23.2 Å². The molecule has 31 heteroatoms. The number of hydrogen-bond donors (Lipinski definition) is 3. The molecule has 9 aromatic rings. The van der Waals surface area contributed by atoms with Crippen molar-refractivity contribution in [1.82, 2.24) is 83.2 Å². The van der Waals surface area contributed by atoms with Crippen LogP contribution in [0.4, 0.5) is 40.5 Å². The van der Waals surface area contributed by atoms with Crippen LogP contribution in [-0.2, 0) is 75.1 Å². The molecule has 0 spiro atoms. The Balaban J connectivity index is 0.000000178. The Morgan fingerprint density at radius 1 is 0.675 bits per heavy atom. The number of amides is 1. The lowest BCUT2D eigenvalue weighted by atomic mass is 9.90. The maximum atomic E-state index is 13.8. The average molecular weight is 1290 g/mol. The van der Waals surface area contributed by atoms with Gasteiger partial charge in [0, 0.05) is 113 Å². The van der Waals surface area contributed by atoms with Gasteiger partial charge in [-0.3, -0.25) is 38.1 Å². The Morgan fingerprint density at radius 3 is 1.73 bits per heavy atom. The first kappa shape index (κ1) is 59.2. The van der Waals surface area contributed by atoms with Crippen molar-refractivity contribution in [3.63, 3.8) is 0 Å². The molecule has 4 N–H and O–H groups in total. The monoisotopic (exact) mass is 1290 g/mol. The zero-order chi connectivity index (χ0) is 58.3. The molecular weight excluding hydrogens is 1230 g/mol. The molecule has 28 nitrogen and oxygen atoms in total. The standard InChI is InChI=1S/C28H32N8O2.C9H10BrN5O.C6H5Br2NO.C3H4N4O2.C3H6N4/c1-6-19-20(18-11-21(26(37)33(4)15-18)30-24-16-34(5)32-31-24)7-8-29-25(19)36-10-9-35-22(27(36)38)12-17-13-28(2,3)14-23(17)35;1-14-4-6(10)3-7(9(14)16)11-8-5-15(2)13-12-8;1-9-3-4(7)2-5(8)6(9)10;1-6-2-3(4-5-6)7(8)9;1-7-2-3(4)5-6-7/h7-8,11-12,15-16,30H,6,9-10,13-14H2,1-5H3;3-5,11H,1-2H3;2-3H,1H3;2H,1H3;2H,4H2,1H3. The van der Waals surface area contributed by atoms with Gasteiger partial charge >= 0.3 is 5.82 Å². The third kappa shape index (κ3) is 14.4. The molecule has 80 heavy (non-hydrogen) atoms. The number of carbonyl (C=O) groups excluding carboxylic acids is 1. The van der Waals surface area contributed by atoms with Crippen molar-refractivity contribution in [2.24, 2.45) is 54.7 Å². The fourth-order valence-electron chi connectivity index (χ4n) is 8.66. The largest absolute Gasteiger partial charge is 0.410 e. The predicted molar refractivity (Wildman–Crippen MR) is 310 cm³/mol. The van der Waals surface area contributed by atoms with Gasteiger partial charge in [0.15, 0.2) is 17.5 Å². The van der Waals surface area contributed by atoms with Gasteiger partial charge < -0.3 is 44.7 Å². The molecular formula is C49H57Br3N22O6. The van der Waals surface area contributed by atoms with Crippen molar-refractivity contribution in [1.29, 1.82) is 0 Å². The molecule has 1 aliphatic carbocycles. The number of fused-ring (bicyclic) bond motifs is 3. The summed E-state index contributed by atoms with van der Waals surface area (Å²) in [5.74, 6) is 1.94. The molecule has 10 heterocycles. The third-order valence-corrected chi connectivity index (χ3v) is 13.6. The molecule has 0 radical (unpaired) electrons. The van der Waals surface area contributed by atoms with Gasteiger partial charge in [-0.05, 0) is 119 Å². The van der Waals surface area contributed by atoms with Crippen LogP contribution < -0.4 is 37.9 Å². The van der Waals surface area contributed by atoms with Crippen LogP contribution in [0.5, 0.6) is 0 Å². The molecule has 1 aliphatic heterocycles. The van der Waals surface area contributed by atoms with Gasteiger partial charge in [-0.25, -0.2) is 9.67 Å². The summed E-state index contributed by atoms with van der Waals surface area (Å²) in [6.45, 7) is 7.97. The number of nitrogen functional groups attached to an aromatic ring is 1. The number of anilines is 6. The lowest BCUT2D eigenvalue weighted by Crippen LogP contribution is -2.41. The number of nitro groups is 1. The van der Waals surface area contributed by atoms with E-state index in [0.717, 1.165) is 50.7 Å². The van der Waals surface area contributed by atoms with E-state index in [9.17, 15) is 29.3 Å². The van der Waals surface area contributed by atoms with E-state index in [0.29, 0.717) is 52.1 Å². The lowest BCUT2D eigenvalue weighted by Gasteiger charge is -2.31. The zero-order valence-electron chi connectivity index (χ0n) is 45.2. The highest BCUT2D eigenvalue weighted by molar-refractivity contribution is 9.11. The number of aromatic nitrogens is 17. The Morgan fingerprint density at radius 2 is 1.23 bits per heavy atom. The molecule has 0 saturated carbocycles. The normalized spacial score (nSPS) is 12.8. The maximum absolute atomic E-state index is 13.8. The molecule has 1 amide bonds. The smallest absolute Gasteiger partial charge is 0.381 e. The second-order valence-corrected chi connectivity index (χ2v) is 21.9. The van der Waals surface area contributed by atoms with Crippen molar-refractivity contribution in [3.8, 4) is 11.1 Å². The first-order valence-corrected chi connectivity index (χ1v) is 26.7. The van der Waals surface area contributed by atoms with Gasteiger partial charge in [0.2, 0.25) is 0 Å². The van der Waals surface area contributed by atoms with Crippen LogP contribution in [0.2, 0.25) is 0 Å². The topological polar surface area (TPSA) is 320 Å². The van der Waals surface area contributed by atoms with Crippen molar-refractivity contribution in [3.05, 3.63) is 157 Å². The number of pyridine rings is 4. The van der Waals surface area contributed by atoms with Gasteiger partial charge in [-0.1, -0.05) is 36.4 Å². The average Bonchev–Trinajstić information content (AvgIpc) is 4.29. The van der Waals surface area contributed by atoms with Gasteiger partial charge in [-0.2, -0.15) is 0 Å². The minimum Gasteiger partial charge on any atom is -0.381 e. The SMILES string of the molecule is CCc1c(-c2cc(Nc3cn(C)nn3)c(=O)n(C)c2)ccnc1N1CCn2c(cc3c2CC(C)(C)C3)C1=O.Cn1cc(Br)cc(Br)c1=O.Cn1cc(N)nn1.Cn1cc(Nc2cc(Br)cn(C)c2=O)nn1.Cn1cc([N+](=O)[O-])nn1. The van der Waals surface area contributed by atoms with Crippen molar-refractivity contribution in [2.75, 3.05) is 27.8 Å². The highest BCUT2D eigenvalue weighted by Gasteiger charge is 2.37. The molecule has 0 fully saturated rings. The fourth-order valence-corrected chi connectivity index (χ4v) is 10.6. The molecule has 0 saturated heterocycles. The number of nitrogens with zero attached hydrogens (tertiary/aromatic N) is 19. The molecule has 9 aromatic heterocycles. The molecule has 0 aromatic carbocycles. The van der Waals surface area contributed by atoms with Crippen LogP contribution in [-0.4, -0.2) is 101 Å². The van der Waals surface area contributed by atoms with E-state index in [4.69, 9.17) is 10.7 Å². The molecule has 2 aliphatic rings. The van der Waals surface area contributed by atoms with Crippen molar-refractivity contribution < 1.29 is 9.72 Å². The minimum atomic E-state index is -0.590. The first-order valence-electron chi connectivity index (χ1n) is 24.3. The quantitative estimate of drug-likeness (QED) is 0.125. The predicted octanol–water partition coefficient (Wildman–Crippen LogP) is 5.52. The fraction of sp³-hybridized carbons (Fsp3) is 0.327. The molecule has 0 bridgehead atoms. The highest BCUT2D eigenvalue weighted by Crippen LogP contribution is 2.40. The number of aryl methyl sites for hydroxylation is 7. The van der Waals surface area contributed by atoms with Crippen LogP contribution in [0.15, 0.2) is 108 Å². The van der Waals surface area contributed by atoms with Crippen LogP contribution in [0.3, 0.4) is 0 Å².